The third-order valence-electron chi connectivity index (χ3n) is 4.85. The number of benzene rings is 2. The number of ether oxygens (including phenoxy) is 1. The summed E-state index contributed by atoms with van der Waals surface area (Å²) in [5.74, 6) is -0.295. The molecular formula is C21H25NO3. The Morgan fingerprint density at radius 1 is 1.12 bits per heavy atom. The van der Waals surface area contributed by atoms with Crippen molar-refractivity contribution in [3.8, 4) is 0 Å². The molecule has 1 fully saturated rings. The van der Waals surface area contributed by atoms with Gasteiger partial charge < -0.3 is 14.7 Å². The number of hydrogen-bond donors (Lipinski definition) is 1. The number of hydrogen-bond acceptors (Lipinski definition) is 4. The number of carbonyl (C=O) groups is 1. The van der Waals surface area contributed by atoms with E-state index in [-0.39, 0.29) is 0 Å². The first-order valence-corrected chi connectivity index (χ1v) is 8.80. The van der Waals surface area contributed by atoms with Crippen molar-refractivity contribution in [2.75, 3.05) is 26.7 Å². The van der Waals surface area contributed by atoms with Crippen LogP contribution in [-0.2, 0) is 15.1 Å². The van der Waals surface area contributed by atoms with Crippen LogP contribution >= 0.6 is 0 Å². The maximum absolute atomic E-state index is 12.9. The Labute approximate surface area is 149 Å². The van der Waals surface area contributed by atoms with E-state index in [1.54, 1.807) is 24.3 Å². The largest absolute Gasteiger partial charge is 0.463 e. The summed E-state index contributed by atoms with van der Waals surface area (Å²) < 4.78 is 5.59. The van der Waals surface area contributed by atoms with E-state index in [0.717, 1.165) is 25.9 Å². The lowest BCUT2D eigenvalue weighted by Crippen LogP contribution is -2.41. The zero-order chi connectivity index (χ0) is 17.7. The fourth-order valence-corrected chi connectivity index (χ4v) is 3.47. The van der Waals surface area contributed by atoms with E-state index in [1.165, 1.54) is 0 Å². The lowest BCUT2D eigenvalue weighted by atomic mass is 9.86. The minimum atomic E-state index is -1.79. The van der Waals surface area contributed by atoms with Gasteiger partial charge in [0, 0.05) is 12.5 Å². The maximum Gasteiger partial charge on any atom is 0.347 e. The summed E-state index contributed by atoms with van der Waals surface area (Å²) in [4.78, 5) is 15.2. The molecule has 0 radical (unpaired) electrons. The van der Waals surface area contributed by atoms with Gasteiger partial charge in [-0.1, -0.05) is 60.7 Å². The number of piperidine rings is 1. The van der Waals surface area contributed by atoms with Crippen molar-refractivity contribution < 1.29 is 14.6 Å². The van der Waals surface area contributed by atoms with E-state index in [2.05, 4.69) is 11.9 Å². The zero-order valence-electron chi connectivity index (χ0n) is 14.6. The first kappa shape index (κ1) is 17.6. The highest BCUT2D eigenvalue weighted by atomic mass is 16.5. The van der Waals surface area contributed by atoms with Crippen LogP contribution in [0.15, 0.2) is 60.7 Å². The number of esters is 1. The Kier molecular flexibility index (Phi) is 5.51. The fourth-order valence-electron chi connectivity index (χ4n) is 3.47. The van der Waals surface area contributed by atoms with E-state index in [4.69, 9.17) is 4.74 Å². The maximum atomic E-state index is 12.9. The Bertz CT molecular complexity index is 647. The second-order valence-corrected chi connectivity index (χ2v) is 6.81. The van der Waals surface area contributed by atoms with Crippen LogP contribution in [0.25, 0.3) is 0 Å². The zero-order valence-corrected chi connectivity index (χ0v) is 14.6. The number of nitrogens with zero attached hydrogens (tertiary/aromatic N) is 1. The smallest absolute Gasteiger partial charge is 0.347 e. The van der Waals surface area contributed by atoms with Crippen molar-refractivity contribution in [3.05, 3.63) is 71.8 Å². The van der Waals surface area contributed by atoms with Gasteiger partial charge in [0.2, 0.25) is 5.60 Å². The molecule has 0 aliphatic carbocycles. The van der Waals surface area contributed by atoms with Crippen LogP contribution in [0.4, 0.5) is 0 Å². The van der Waals surface area contributed by atoms with E-state index in [0.29, 0.717) is 23.7 Å². The Hall–Kier alpha value is -2.17. The molecule has 1 N–H and O–H groups in total. The minimum Gasteiger partial charge on any atom is -0.463 e. The molecule has 0 aromatic heterocycles. The van der Waals surface area contributed by atoms with E-state index >= 15 is 0 Å². The average Bonchev–Trinajstić information content (AvgIpc) is 2.67. The number of aliphatic hydroxyl groups is 1. The summed E-state index contributed by atoms with van der Waals surface area (Å²) in [7, 11) is 2.08. The molecule has 2 aromatic carbocycles. The van der Waals surface area contributed by atoms with Gasteiger partial charge in [-0.3, -0.25) is 0 Å². The topological polar surface area (TPSA) is 49.8 Å². The molecule has 132 valence electrons. The molecule has 4 nitrogen and oxygen atoms in total. The van der Waals surface area contributed by atoms with Crippen molar-refractivity contribution in [3.63, 3.8) is 0 Å². The second kappa shape index (κ2) is 7.81. The summed E-state index contributed by atoms with van der Waals surface area (Å²) in [5, 5.41) is 11.3. The molecule has 0 saturated carbocycles. The normalized spacial score (nSPS) is 18.7. The van der Waals surface area contributed by atoms with E-state index in [1.807, 2.05) is 36.4 Å². The summed E-state index contributed by atoms with van der Waals surface area (Å²) in [6.45, 7) is 2.34. The summed E-state index contributed by atoms with van der Waals surface area (Å²) in [6, 6.07) is 18.0. The van der Waals surface area contributed by atoms with Gasteiger partial charge in [0.25, 0.3) is 0 Å². The molecule has 0 bridgehead atoms. The van der Waals surface area contributed by atoms with Gasteiger partial charge in [0.1, 0.15) is 0 Å². The van der Waals surface area contributed by atoms with Gasteiger partial charge >= 0.3 is 5.97 Å². The molecule has 1 saturated heterocycles. The lowest BCUT2D eigenvalue weighted by molar-refractivity contribution is -0.164. The van der Waals surface area contributed by atoms with E-state index < -0.39 is 11.6 Å². The van der Waals surface area contributed by atoms with Gasteiger partial charge in [0.15, 0.2) is 0 Å². The predicted molar refractivity (Wildman–Crippen MR) is 97.1 cm³/mol. The standard InChI is InChI=1S/C21H25NO3/c1-22-14-8-9-17(15-22)16-25-20(23)21(24,18-10-4-2-5-11-18)19-12-6-3-7-13-19/h2-7,10-13,17,24H,8-9,14-16H2,1H3/t17-/m1/s1. The molecule has 3 rings (SSSR count). The van der Waals surface area contributed by atoms with Crippen LogP contribution in [0.3, 0.4) is 0 Å². The highest BCUT2D eigenvalue weighted by molar-refractivity contribution is 5.85. The molecule has 2 aromatic rings. The monoisotopic (exact) mass is 339 g/mol. The Morgan fingerprint density at radius 2 is 1.68 bits per heavy atom. The second-order valence-electron chi connectivity index (χ2n) is 6.81. The highest BCUT2D eigenvalue weighted by Crippen LogP contribution is 2.31. The molecular weight excluding hydrogens is 314 g/mol. The quantitative estimate of drug-likeness (QED) is 0.851. The van der Waals surface area contributed by atoms with Crippen molar-refractivity contribution >= 4 is 5.97 Å². The molecule has 0 spiro atoms. The first-order chi connectivity index (χ1) is 12.1. The van der Waals surface area contributed by atoms with Gasteiger partial charge in [-0.2, -0.15) is 0 Å². The van der Waals surface area contributed by atoms with E-state index in [9.17, 15) is 9.90 Å². The third-order valence-corrected chi connectivity index (χ3v) is 4.85. The SMILES string of the molecule is CN1CCC[C@@H](COC(=O)C(O)(c2ccccc2)c2ccccc2)C1. The minimum absolute atomic E-state index is 0.318. The molecule has 1 heterocycles. The van der Waals surface area contributed by atoms with Crippen LogP contribution in [-0.4, -0.2) is 42.7 Å². The van der Waals surface area contributed by atoms with Gasteiger partial charge in [-0.25, -0.2) is 4.79 Å². The molecule has 1 atom stereocenters. The van der Waals surface area contributed by atoms with Crippen molar-refractivity contribution in [1.29, 1.82) is 0 Å². The van der Waals surface area contributed by atoms with Gasteiger partial charge in [-0.05, 0) is 37.6 Å². The Morgan fingerprint density at radius 3 is 2.20 bits per heavy atom. The first-order valence-electron chi connectivity index (χ1n) is 8.80. The lowest BCUT2D eigenvalue weighted by Gasteiger charge is -2.31. The molecule has 25 heavy (non-hydrogen) atoms. The van der Waals surface area contributed by atoms with Gasteiger partial charge in [0.05, 0.1) is 6.61 Å². The van der Waals surface area contributed by atoms with Gasteiger partial charge in [-0.15, -0.1) is 0 Å². The van der Waals surface area contributed by atoms with Crippen LogP contribution in [0.1, 0.15) is 24.0 Å². The molecule has 1 aliphatic rings. The highest BCUT2D eigenvalue weighted by Gasteiger charge is 2.41. The van der Waals surface area contributed by atoms with Crippen molar-refractivity contribution in [2.24, 2.45) is 5.92 Å². The fraction of sp³-hybridized carbons (Fsp3) is 0.381. The number of rotatable bonds is 5. The van der Waals surface area contributed by atoms with Crippen molar-refractivity contribution in [2.45, 2.75) is 18.4 Å². The molecule has 4 heteroatoms. The van der Waals surface area contributed by atoms with Crippen LogP contribution < -0.4 is 0 Å². The van der Waals surface area contributed by atoms with Crippen LogP contribution in [0.2, 0.25) is 0 Å². The van der Waals surface area contributed by atoms with Crippen LogP contribution in [0.5, 0.6) is 0 Å². The van der Waals surface area contributed by atoms with Crippen molar-refractivity contribution in [1.82, 2.24) is 4.90 Å². The number of carbonyl (C=O) groups excluding carboxylic acids is 1. The number of likely N-dealkylation sites (tertiary alicyclic amines) is 1. The summed E-state index contributed by atoms with van der Waals surface area (Å²) in [6.07, 6.45) is 2.16. The van der Waals surface area contributed by atoms with Crippen LogP contribution in [0, 0.1) is 5.92 Å². The summed E-state index contributed by atoms with van der Waals surface area (Å²) >= 11 is 0. The molecule has 0 unspecified atom stereocenters. The molecule has 0 amide bonds. The summed E-state index contributed by atoms with van der Waals surface area (Å²) in [5.41, 5.74) is -0.748. The Balaban J connectivity index is 1.81. The third kappa shape index (κ3) is 3.91. The average molecular weight is 339 g/mol. The molecule has 1 aliphatic heterocycles. The predicted octanol–water partition coefficient (Wildman–Crippen LogP) is 2.81.